The average Bonchev–Trinajstić information content (AvgIpc) is 3.08. The largest absolute Gasteiger partial charge is 0.352 e. The predicted molar refractivity (Wildman–Crippen MR) is 106 cm³/mol. The van der Waals surface area contributed by atoms with E-state index in [2.05, 4.69) is 10.3 Å². The van der Waals surface area contributed by atoms with Crippen molar-refractivity contribution in [3.63, 3.8) is 0 Å². The van der Waals surface area contributed by atoms with Crippen molar-refractivity contribution >= 4 is 40.0 Å². The highest BCUT2D eigenvalue weighted by molar-refractivity contribution is 6.30. The summed E-state index contributed by atoms with van der Waals surface area (Å²) in [5.41, 5.74) is 2.49. The van der Waals surface area contributed by atoms with E-state index in [1.807, 2.05) is 42.5 Å². The predicted octanol–water partition coefficient (Wildman–Crippen LogP) is 3.56. The van der Waals surface area contributed by atoms with Crippen molar-refractivity contribution in [2.45, 2.75) is 13.0 Å². The molecule has 2 aromatic carbocycles. The summed E-state index contributed by atoms with van der Waals surface area (Å²) in [5, 5.41) is 4.54. The first-order chi connectivity index (χ1) is 13.1. The molecule has 1 N–H and O–H groups in total. The van der Waals surface area contributed by atoms with E-state index in [9.17, 15) is 9.59 Å². The van der Waals surface area contributed by atoms with Crippen LogP contribution in [0.25, 0.3) is 10.9 Å². The van der Waals surface area contributed by atoms with Crippen molar-refractivity contribution in [2.24, 2.45) is 5.92 Å². The van der Waals surface area contributed by atoms with Crippen LogP contribution in [0, 0.1) is 5.92 Å². The van der Waals surface area contributed by atoms with Crippen LogP contribution in [0.15, 0.2) is 60.8 Å². The standard InChI is InChI=1S/C21H18ClN3O2/c22-17-8-6-14(7-9-17)12-24-21(27)16-11-19(26)25(13-16)18-5-1-3-15-4-2-10-23-20(15)18/h1-10,16H,11-13H2,(H,24,27). The van der Waals surface area contributed by atoms with E-state index >= 15 is 0 Å². The fraction of sp³-hybridized carbons (Fsp3) is 0.190. The van der Waals surface area contributed by atoms with E-state index in [1.54, 1.807) is 23.2 Å². The van der Waals surface area contributed by atoms with Gasteiger partial charge in [-0.3, -0.25) is 14.6 Å². The molecule has 0 bridgehead atoms. The number of fused-ring (bicyclic) bond motifs is 1. The zero-order chi connectivity index (χ0) is 18.8. The third kappa shape index (κ3) is 3.64. The SMILES string of the molecule is O=C(NCc1ccc(Cl)cc1)C1CC(=O)N(c2cccc3cccnc23)C1. The minimum absolute atomic E-state index is 0.0557. The number of halogens is 1. The maximum absolute atomic E-state index is 12.5. The van der Waals surface area contributed by atoms with Crippen LogP contribution in [-0.2, 0) is 16.1 Å². The van der Waals surface area contributed by atoms with Crippen LogP contribution < -0.4 is 10.2 Å². The Morgan fingerprint density at radius 2 is 1.93 bits per heavy atom. The molecule has 0 spiro atoms. The maximum Gasteiger partial charge on any atom is 0.227 e. The van der Waals surface area contributed by atoms with Crippen LogP contribution in [0.1, 0.15) is 12.0 Å². The first-order valence-electron chi connectivity index (χ1n) is 8.78. The van der Waals surface area contributed by atoms with Gasteiger partial charge in [0.05, 0.1) is 17.1 Å². The van der Waals surface area contributed by atoms with Gasteiger partial charge in [0.1, 0.15) is 0 Å². The molecule has 1 unspecified atom stereocenters. The molecule has 5 nitrogen and oxygen atoms in total. The lowest BCUT2D eigenvalue weighted by Crippen LogP contribution is -2.32. The molecule has 0 aliphatic carbocycles. The number of nitrogens with one attached hydrogen (secondary N) is 1. The van der Waals surface area contributed by atoms with Gasteiger partial charge in [-0.25, -0.2) is 0 Å². The number of nitrogens with zero attached hydrogens (tertiary/aromatic N) is 2. The number of aromatic nitrogens is 1. The van der Waals surface area contributed by atoms with Gasteiger partial charge in [0.15, 0.2) is 0 Å². The van der Waals surface area contributed by atoms with Crippen molar-refractivity contribution in [2.75, 3.05) is 11.4 Å². The zero-order valence-electron chi connectivity index (χ0n) is 14.6. The molecular formula is C21H18ClN3O2. The molecule has 136 valence electrons. The van der Waals surface area contributed by atoms with E-state index < -0.39 is 0 Å². The topological polar surface area (TPSA) is 62.3 Å². The number of anilines is 1. The number of carbonyl (C=O) groups is 2. The third-order valence-electron chi connectivity index (χ3n) is 4.78. The molecule has 3 aromatic rings. The Balaban J connectivity index is 1.47. The smallest absolute Gasteiger partial charge is 0.227 e. The second kappa shape index (κ2) is 7.37. The summed E-state index contributed by atoms with van der Waals surface area (Å²) in [6, 6.07) is 16.9. The van der Waals surface area contributed by atoms with Crippen molar-refractivity contribution in [1.82, 2.24) is 10.3 Å². The second-order valence-electron chi connectivity index (χ2n) is 6.60. The molecule has 27 heavy (non-hydrogen) atoms. The quantitative estimate of drug-likeness (QED) is 0.754. The van der Waals surface area contributed by atoms with Crippen molar-refractivity contribution < 1.29 is 9.59 Å². The number of pyridine rings is 1. The Hall–Kier alpha value is -2.92. The van der Waals surface area contributed by atoms with Crippen LogP contribution in [0.2, 0.25) is 5.02 Å². The van der Waals surface area contributed by atoms with Gasteiger partial charge < -0.3 is 10.2 Å². The van der Waals surface area contributed by atoms with Crippen LogP contribution >= 0.6 is 11.6 Å². The minimum Gasteiger partial charge on any atom is -0.352 e. The number of benzene rings is 2. The molecule has 1 aliphatic rings. The van der Waals surface area contributed by atoms with Gasteiger partial charge in [0.25, 0.3) is 0 Å². The molecule has 1 aliphatic heterocycles. The van der Waals surface area contributed by atoms with E-state index in [0.717, 1.165) is 22.2 Å². The number of rotatable bonds is 4. The molecule has 0 saturated carbocycles. The van der Waals surface area contributed by atoms with Gasteiger partial charge in [-0.05, 0) is 29.8 Å². The maximum atomic E-state index is 12.5. The number of para-hydroxylation sites is 1. The molecular weight excluding hydrogens is 362 g/mol. The summed E-state index contributed by atoms with van der Waals surface area (Å²) in [6.45, 7) is 0.775. The van der Waals surface area contributed by atoms with E-state index in [1.165, 1.54) is 0 Å². The monoisotopic (exact) mass is 379 g/mol. The van der Waals surface area contributed by atoms with Crippen molar-refractivity contribution in [3.05, 3.63) is 71.4 Å². The van der Waals surface area contributed by atoms with Crippen LogP contribution in [0.3, 0.4) is 0 Å². The Morgan fingerprint density at radius 1 is 1.15 bits per heavy atom. The average molecular weight is 380 g/mol. The van der Waals surface area contributed by atoms with Gasteiger partial charge in [0.2, 0.25) is 11.8 Å². The van der Waals surface area contributed by atoms with Crippen LogP contribution in [0.5, 0.6) is 0 Å². The highest BCUT2D eigenvalue weighted by Gasteiger charge is 2.35. The molecule has 6 heteroatoms. The highest BCUT2D eigenvalue weighted by atomic mass is 35.5. The molecule has 1 fully saturated rings. The Bertz CT molecular complexity index is 998. The van der Waals surface area contributed by atoms with E-state index in [0.29, 0.717) is 18.1 Å². The van der Waals surface area contributed by atoms with Crippen molar-refractivity contribution in [3.8, 4) is 0 Å². The number of hydrogen-bond acceptors (Lipinski definition) is 3. The van der Waals surface area contributed by atoms with Gasteiger partial charge in [0, 0.05) is 36.1 Å². The van der Waals surface area contributed by atoms with Crippen LogP contribution in [0.4, 0.5) is 5.69 Å². The zero-order valence-corrected chi connectivity index (χ0v) is 15.3. The first-order valence-corrected chi connectivity index (χ1v) is 9.16. The fourth-order valence-corrected chi connectivity index (χ4v) is 3.48. The summed E-state index contributed by atoms with van der Waals surface area (Å²) >= 11 is 5.87. The lowest BCUT2D eigenvalue weighted by Gasteiger charge is -2.18. The highest BCUT2D eigenvalue weighted by Crippen LogP contribution is 2.30. The number of hydrogen-bond donors (Lipinski definition) is 1. The summed E-state index contributed by atoms with van der Waals surface area (Å²) in [6.07, 6.45) is 1.92. The molecule has 1 atom stereocenters. The summed E-state index contributed by atoms with van der Waals surface area (Å²) in [4.78, 5) is 31.2. The molecule has 4 rings (SSSR count). The van der Waals surface area contributed by atoms with E-state index in [4.69, 9.17) is 11.6 Å². The van der Waals surface area contributed by atoms with Gasteiger partial charge in [-0.2, -0.15) is 0 Å². The van der Waals surface area contributed by atoms with E-state index in [-0.39, 0.29) is 24.2 Å². The molecule has 1 saturated heterocycles. The van der Waals surface area contributed by atoms with Gasteiger partial charge in [-0.15, -0.1) is 0 Å². The van der Waals surface area contributed by atoms with Crippen molar-refractivity contribution in [1.29, 1.82) is 0 Å². The second-order valence-corrected chi connectivity index (χ2v) is 7.04. The Morgan fingerprint density at radius 3 is 2.74 bits per heavy atom. The fourth-order valence-electron chi connectivity index (χ4n) is 3.36. The first kappa shape index (κ1) is 17.5. The minimum atomic E-state index is -0.372. The lowest BCUT2D eigenvalue weighted by molar-refractivity contribution is -0.126. The molecule has 1 aromatic heterocycles. The Kier molecular flexibility index (Phi) is 4.77. The molecule has 2 heterocycles. The van der Waals surface area contributed by atoms with Gasteiger partial charge >= 0.3 is 0 Å². The Labute approximate surface area is 162 Å². The normalized spacial score (nSPS) is 16.7. The van der Waals surface area contributed by atoms with Gasteiger partial charge in [-0.1, -0.05) is 41.9 Å². The third-order valence-corrected chi connectivity index (χ3v) is 5.03. The van der Waals surface area contributed by atoms with Crippen LogP contribution in [-0.4, -0.2) is 23.3 Å². The summed E-state index contributed by atoms with van der Waals surface area (Å²) in [5.74, 6) is -0.544. The molecule has 0 radical (unpaired) electrons. The summed E-state index contributed by atoms with van der Waals surface area (Å²) in [7, 11) is 0. The molecule has 2 amide bonds. The number of carbonyl (C=O) groups excluding carboxylic acids is 2. The lowest BCUT2D eigenvalue weighted by atomic mass is 10.1. The summed E-state index contributed by atoms with van der Waals surface area (Å²) < 4.78 is 0. The number of amides is 2.